The molecule has 4 nitrogen and oxygen atoms in total. The second kappa shape index (κ2) is 5.30. The molecule has 0 spiro atoms. The average Bonchev–Trinajstić information content (AvgIpc) is 2.38. The van der Waals surface area contributed by atoms with Crippen molar-refractivity contribution in [2.24, 2.45) is 0 Å². The minimum Gasteiger partial charge on any atom is -0.481 e. The van der Waals surface area contributed by atoms with Gasteiger partial charge < -0.3 is 10.1 Å². The topological polar surface area (TPSA) is 47.0 Å². The monoisotopic (exact) mass is 229 g/mol. The lowest BCUT2D eigenvalue weighted by molar-refractivity contribution is 0.397. The molecule has 0 bridgehead atoms. The van der Waals surface area contributed by atoms with Crippen molar-refractivity contribution >= 4 is 5.69 Å². The number of hydrogen-bond acceptors (Lipinski definition) is 4. The van der Waals surface area contributed by atoms with E-state index in [4.69, 9.17) is 4.74 Å². The van der Waals surface area contributed by atoms with Gasteiger partial charge in [-0.1, -0.05) is 0 Å². The molecule has 0 saturated carbocycles. The first-order chi connectivity index (χ1) is 8.29. The molecule has 88 valence electrons. The highest BCUT2D eigenvalue weighted by Gasteiger charge is 1.99. The fourth-order valence-electron chi connectivity index (χ4n) is 1.54. The Labute approximate surface area is 101 Å². The zero-order chi connectivity index (χ0) is 12.1. The number of nitrogens with one attached hydrogen (secondary N) is 1. The molecule has 0 amide bonds. The van der Waals surface area contributed by atoms with Crippen molar-refractivity contribution in [3.8, 4) is 5.88 Å². The zero-order valence-electron chi connectivity index (χ0n) is 9.97. The highest BCUT2D eigenvalue weighted by Crippen LogP contribution is 2.14. The molecule has 0 atom stereocenters. The molecule has 0 aromatic carbocycles. The van der Waals surface area contributed by atoms with E-state index in [-0.39, 0.29) is 0 Å². The van der Waals surface area contributed by atoms with Crippen LogP contribution in [-0.2, 0) is 6.54 Å². The summed E-state index contributed by atoms with van der Waals surface area (Å²) in [7, 11) is 1.62. The molecule has 17 heavy (non-hydrogen) atoms. The van der Waals surface area contributed by atoms with Crippen molar-refractivity contribution in [3.63, 3.8) is 0 Å². The number of aryl methyl sites for hydroxylation is 1. The molecular weight excluding hydrogens is 214 g/mol. The predicted molar refractivity (Wildman–Crippen MR) is 67.1 cm³/mol. The summed E-state index contributed by atoms with van der Waals surface area (Å²) >= 11 is 0. The lowest BCUT2D eigenvalue weighted by atomic mass is 10.2. The fourth-order valence-corrected chi connectivity index (χ4v) is 1.54. The van der Waals surface area contributed by atoms with Gasteiger partial charge in [0.1, 0.15) is 0 Å². The third-order valence-electron chi connectivity index (χ3n) is 2.51. The first kappa shape index (κ1) is 11.4. The molecule has 2 aromatic heterocycles. The lowest BCUT2D eigenvalue weighted by Crippen LogP contribution is -2.01. The smallest absolute Gasteiger partial charge is 0.213 e. The van der Waals surface area contributed by atoms with E-state index in [1.807, 2.05) is 31.3 Å². The first-order valence-corrected chi connectivity index (χ1v) is 5.43. The molecule has 2 rings (SSSR count). The Hall–Kier alpha value is -2.10. The van der Waals surface area contributed by atoms with Gasteiger partial charge in [0, 0.05) is 36.9 Å². The van der Waals surface area contributed by atoms with Gasteiger partial charge in [-0.25, -0.2) is 4.98 Å². The maximum absolute atomic E-state index is 5.08. The van der Waals surface area contributed by atoms with Gasteiger partial charge >= 0.3 is 0 Å². The molecule has 2 aromatic rings. The molecule has 1 N–H and O–H groups in total. The van der Waals surface area contributed by atoms with E-state index in [9.17, 15) is 0 Å². The van der Waals surface area contributed by atoms with Crippen LogP contribution >= 0.6 is 0 Å². The van der Waals surface area contributed by atoms with Crippen molar-refractivity contribution in [3.05, 3.63) is 47.9 Å². The van der Waals surface area contributed by atoms with E-state index < -0.39 is 0 Å². The van der Waals surface area contributed by atoms with Crippen molar-refractivity contribution in [2.75, 3.05) is 12.4 Å². The van der Waals surface area contributed by atoms with Crippen molar-refractivity contribution in [1.29, 1.82) is 0 Å². The van der Waals surface area contributed by atoms with Gasteiger partial charge in [0.2, 0.25) is 5.88 Å². The molecule has 0 aliphatic heterocycles. The van der Waals surface area contributed by atoms with Crippen LogP contribution in [0.15, 0.2) is 36.8 Å². The molecule has 0 aliphatic carbocycles. The predicted octanol–water partition coefficient (Wildman–Crippen LogP) is 2.41. The van der Waals surface area contributed by atoms with Crippen molar-refractivity contribution in [2.45, 2.75) is 13.5 Å². The van der Waals surface area contributed by atoms with E-state index in [1.54, 1.807) is 19.5 Å². The minimum absolute atomic E-state index is 0.635. The zero-order valence-corrected chi connectivity index (χ0v) is 9.97. The largest absolute Gasteiger partial charge is 0.481 e. The standard InChI is InChI=1S/C13H15N3O/c1-10-8-14-5-4-12(10)16-9-11-3-6-15-13(7-11)17-2/h3-8H,9H2,1-2H3,(H,14,16). The summed E-state index contributed by atoms with van der Waals surface area (Å²) in [5.74, 6) is 0.635. The second-order valence-corrected chi connectivity index (χ2v) is 3.75. The highest BCUT2D eigenvalue weighted by atomic mass is 16.5. The highest BCUT2D eigenvalue weighted by molar-refractivity contribution is 5.49. The second-order valence-electron chi connectivity index (χ2n) is 3.75. The average molecular weight is 229 g/mol. The van der Waals surface area contributed by atoms with Gasteiger partial charge in [-0.2, -0.15) is 0 Å². The van der Waals surface area contributed by atoms with Crippen LogP contribution in [0.5, 0.6) is 5.88 Å². The molecule has 0 saturated heterocycles. The lowest BCUT2D eigenvalue weighted by Gasteiger charge is -2.09. The van der Waals surface area contributed by atoms with Gasteiger partial charge in [-0.15, -0.1) is 0 Å². The van der Waals surface area contributed by atoms with Crippen LogP contribution in [-0.4, -0.2) is 17.1 Å². The molecule has 0 unspecified atom stereocenters. The summed E-state index contributed by atoms with van der Waals surface area (Å²) in [5, 5.41) is 3.36. The number of pyridine rings is 2. The van der Waals surface area contributed by atoms with Crippen LogP contribution in [0, 0.1) is 6.92 Å². The van der Waals surface area contributed by atoms with Crippen LogP contribution in [0.4, 0.5) is 5.69 Å². The summed E-state index contributed by atoms with van der Waals surface area (Å²) in [6, 6.07) is 5.85. The third kappa shape index (κ3) is 2.93. The van der Waals surface area contributed by atoms with Gasteiger partial charge in [0.15, 0.2) is 0 Å². The SMILES string of the molecule is COc1cc(CNc2ccncc2C)ccn1. The van der Waals surface area contributed by atoms with Crippen molar-refractivity contribution < 1.29 is 4.74 Å². The summed E-state index contributed by atoms with van der Waals surface area (Å²) in [6.07, 6.45) is 5.37. The number of aromatic nitrogens is 2. The number of hydrogen-bond donors (Lipinski definition) is 1. The van der Waals surface area contributed by atoms with E-state index >= 15 is 0 Å². The fraction of sp³-hybridized carbons (Fsp3) is 0.231. The molecule has 4 heteroatoms. The van der Waals surface area contributed by atoms with E-state index in [2.05, 4.69) is 15.3 Å². The number of anilines is 1. The number of ether oxygens (including phenoxy) is 1. The van der Waals surface area contributed by atoms with Crippen LogP contribution in [0.25, 0.3) is 0 Å². The van der Waals surface area contributed by atoms with Gasteiger partial charge in [0.25, 0.3) is 0 Å². The number of nitrogens with zero attached hydrogens (tertiary/aromatic N) is 2. The molecule has 2 heterocycles. The van der Waals surface area contributed by atoms with E-state index in [0.717, 1.165) is 23.4 Å². The number of rotatable bonds is 4. The van der Waals surface area contributed by atoms with E-state index in [0.29, 0.717) is 5.88 Å². The summed E-state index contributed by atoms with van der Waals surface area (Å²) in [5.41, 5.74) is 3.36. The maximum Gasteiger partial charge on any atom is 0.213 e. The van der Waals surface area contributed by atoms with Crippen molar-refractivity contribution in [1.82, 2.24) is 9.97 Å². The summed E-state index contributed by atoms with van der Waals surface area (Å²) in [6.45, 7) is 2.77. The van der Waals surface area contributed by atoms with Gasteiger partial charge in [-0.3, -0.25) is 4.98 Å². The number of methoxy groups -OCH3 is 1. The molecule has 0 fully saturated rings. The van der Waals surface area contributed by atoms with Crippen LogP contribution in [0.1, 0.15) is 11.1 Å². The normalized spacial score (nSPS) is 10.0. The third-order valence-corrected chi connectivity index (χ3v) is 2.51. The molecule has 0 aliphatic rings. The first-order valence-electron chi connectivity index (χ1n) is 5.43. The quantitative estimate of drug-likeness (QED) is 0.874. The van der Waals surface area contributed by atoms with Gasteiger partial charge in [-0.05, 0) is 30.2 Å². The maximum atomic E-state index is 5.08. The van der Waals surface area contributed by atoms with Crippen LogP contribution in [0.2, 0.25) is 0 Å². The Morgan fingerprint density at radius 1 is 1.29 bits per heavy atom. The van der Waals surface area contributed by atoms with E-state index in [1.165, 1.54) is 0 Å². The van der Waals surface area contributed by atoms with Crippen LogP contribution < -0.4 is 10.1 Å². The van der Waals surface area contributed by atoms with Crippen LogP contribution in [0.3, 0.4) is 0 Å². The Kier molecular flexibility index (Phi) is 3.55. The summed E-state index contributed by atoms with van der Waals surface area (Å²) in [4.78, 5) is 8.13. The molecular formula is C13H15N3O. The Bertz CT molecular complexity index is 500. The Morgan fingerprint density at radius 3 is 2.94 bits per heavy atom. The molecule has 0 radical (unpaired) electrons. The summed E-state index contributed by atoms with van der Waals surface area (Å²) < 4.78 is 5.08. The Balaban J connectivity index is 2.05. The van der Waals surface area contributed by atoms with Gasteiger partial charge in [0.05, 0.1) is 7.11 Å². The minimum atomic E-state index is 0.635. The Morgan fingerprint density at radius 2 is 2.18 bits per heavy atom.